The van der Waals surface area contributed by atoms with Crippen molar-refractivity contribution < 1.29 is 14.2 Å². The smallest absolute Gasteiger partial charge is 0.134 e. The van der Waals surface area contributed by atoms with Crippen molar-refractivity contribution in [1.29, 1.82) is 0 Å². The van der Waals surface area contributed by atoms with Crippen LogP contribution >= 0.6 is 0 Å². The highest BCUT2D eigenvalue weighted by Gasteiger charge is 2.21. The fraction of sp³-hybridized carbons (Fsp3) is 0.364. The first-order valence-corrected chi connectivity index (χ1v) is 8.39. The number of hydrogen-bond acceptors (Lipinski definition) is 3. The normalized spacial score (nSPS) is 12.0. The summed E-state index contributed by atoms with van der Waals surface area (Å²) in [6.45, 7) is 8.64. The monoisotopic (exact) mass is 340 g/mol. The second kappa shape index (κ2) is 7.64. The van der Waals surface area contributed by atoms with Gasteiger partial charge in [-0.25, -0.2) is 0 Å². The molecular formula is C22H28O3. The van der Waals surface area contributed by atoms with E-state index in [1.165, 1.54) is 5.56 Å². The van der Waals surface area contributed by atoms with Crippen molar-refractivity contribution in [3.8, 4) is 17.2 Å². The molecule has 0 saturated heterocycles. The highest BCUT2D eigenvalue weighted by atomic mass is 16.5. The number of aryl methyl sites for hydroxylation is 1. The first kappa shape index (κ1) is 18.9. The Morgan fingerprint density at radius 1 is 0.840 bits per heavy atom. The van der Waals surface area contributed by atoms with Gasteiger partial charge in [0.15, 0.2) is 0 Å². The summed E-state index contributed by atoms with van der Waals surface area (Å²) >= 11 is 0. The maximum absolute atomic E-state index is 5.67. The molecule has 2 rings (SSSR count). The van der Waals surface area contributed by atoms with E-state index >= 15 is 0 Å². The average molecular weight is 340 g/mol. The van der Waals surface area contributed by atoms with Crippen molar-refractivity contribution in [3.05, 3.63) is 59.2 Å². The Morgan fingerprint density at radius 2 is 1.36 bits per heavy atom. The standard InChI is InChI=1S/C22H28O3/c1-15-8-10-16(11-9-15)18(14-22(2,3)4)21-19(24-6)12-17(23-5)13-20(21)25-7/h8-14H,1-7H3/b18-14+. The van der Waals surface area contributed by atoms with Crippen LogP contribution in [0.5, 0.6) is 17.2 Å². The minimum absolute atomic E-state index is 0.00380. The van der Waals surface area contributed by atoms with E-state index in [2.05, 4.69) is 58.0 Å². The lowest BCUT2D eigenvalue weighted by Crippen LogP contribution is -2.05. The number of hydrogen-bond donors (Lipinski definition) is 0. The molecule has 0 aliphatic rings. The van der Waals surface area contributed by atoms with Crippen molar-refractivity contribution in [3.63, 3.8) is 0 Å². The van der Waals surface area contributed by atoms with Crippen molar-refractivity contribution in [2.45, 2.75) is 27.7 Å². The lowest BCUT2D eigenvalue weighted by atomic mass is 9.87. The Hall–Kier alpha value is -2.42. The van der Waals surface area contributed by atoms with Crippen LogP contribution in [-0.4, -0.2) is 21.3 Å². The van der Waals surface area contributed by atoms with Gasteiger partial charge in [0.1, 0.15) is 17.2 Å². The maximum atomic E-state index is 5.67. The molecule has 0 radical (unpaired) electrons. The molecule has 0 aromatic heterocycles. The second-order valence-corrected chi connectivity index (χ2v) is 7.20. The lowest BCUT2D eigenvalue weighted by molar-refractivity contribution is 0.373. The van der Waals surface area contributed by atoms with Crippen LogP contribution in [0.1, 0.15) is 37.5 Å². The van der Waals surface area contributed by atoms with E-state index in [0.29, 0.717) is 5.75 Å². The summed E-state index contributed by atoms with van der Waals surface area (Å²) in [6.07, 6.45) is 2.25. The predicted octanol–water partition coefficient (Wildman–Crippen LogP) is 5.50. The van der Waals surface area contributed by atoms with Gasteiger partial charge in [0.25, 0.3) is 0 Å². The molecule has 0 atom stereocenters. The SMILES string of the molecule is COc1cc(OC)c(/C(=C/C(C)(C)C)c2ccc(C)cc2)c(OC)c1. The first-order chi connectivity index (χ1) is 11.8. The van der Waals surface area contributed by atoms with E-state index in [9.17, 15) is 0 Å². The molecule has 3 heteroatoms. The third kappa shape index (κ3) is 4.56. The summed E-state index contributed by atoms with van der Waals surface area (Å²) in [6, 6.07) is 12.3. The summed E-state index contributed by atoms with van der Waals surface area (Å²) in [5, 5.41) is 0. The number of methoxy groups -OCH3 is 3. The van der Waals surface area contributed by atoms with Crippen LogP contribution in [0.25, 0.3) is 5.57 Å². The fourth-order valence-corrected chi connectivity index (χ4v) is 2.74. The number of rotatable bonds is 5. The van der Waals surface area contributed by atoms with E-state index < -0.39 is 0 Å². The van der Waals surface area contributed by atoms with E-state index in [1.807, 2.05) is 12.1 Å². The molecule has 2 aromatic rings. The van der Waals surface area contributed by atoms with Gasteiger partial charge in [-0.2, -0.15) is 0 Å². The molecule has 0 aliphatic heterocycles. The van der Waals surface area contributed by atoms with E-state index in [1.54, 1.807) is 21.3 Å². The molecule has 2 aromatic carbocycles. The minimum atomic E-state index is -0.00380. The van der Waals surface area contributed by atoms with Gasteiger partial charge in [0.05, 0.1) is 26.9 Å². The highest BCUT2D eigenvalue weighted by molar-refractivity contribution is 5.87. The lowest BCUT2D eigenvalue weighted by Gasteiger charge is -2.21. The Labute approximate surface area is 151 Å². The molecule has 0 saturated carbocycles. The molecule has 0 heterocycles. The summed E-state index contributed by atoms with van der Waals surface area (Å²) in [4.78, 5) is 0. The Kier molecular flexibility index (Phi) is 5.78. The zero-order valence-corrected chi connectivity index (χ0v) is 16.3. The molecular weight excluding hydrogens is 312 g/mol. The van der Waals surface area contributed by atoms with Gasteiger partial charge >= 0.3 is 0 Å². The van der Waals surface area contributed by atoms with E-state index in [0.717, 1.165) is 28.2 Å². The third-order valence-electron chi connectivity index (χ3n) is 3.92. The zero-order chi connectivity index (χ0) is 18.6. The molecule has 25 heavy (non-hydrogen) atoms. The van der Waals surface area contributed by atoms with Crippen molar-refractivity contribution in [1.82, 2.24) is 0 Å². The molecule has 0 aliphatic carbocycles. The fourth-order valence-electron chi connectivity index (χ4n) is 2.74. The Bertz CT molecular complexity index is 725. The summed E-state index contributed by atoms with van der Waals surface area (Å²) in [5.74, 6) is 2.16. The summed E-state index contributed by atoms with van der Waals surface area (Å²) < 4.78 is 16.7. The van der Waals surface area contributed by atoms with E-state index in [4.69, 9.17) is 14.2 Å². The van der Waals surface area contributed by atoms with Crippen LogP contribution in [0.3, 0.4) is 0 Å². The molecule has 134 valence electrons. The van der Waals surface area contributed by atoms with Crippen LogP contribution < -0.4 is 14.2 Å². The van der Waals surface area contributed by atoms with E-state index in [-0.39, 0.29) is 5.41 Å². The third-order valence-corrected chi connectivity index (χ3v) is 3.92. The van der Waals surface area contributed by atoms with Crippen LogP contribution in [0.2, 0.25) is 0 Å². The molecule has 0 bridgehead atoms. The Balaban J connectivity index is 2.78. The molecule has 0 N–H and O–H groups in total. The highest BCUT2D eigenvalue weighted by Crippen LogP contribution is 2.42. The van der Waals surface area contributed by atoms with Crippen LogP contribution in [0.15, 0.2) is 42.5 Å². The molecule has 0 unspecified atom stereocenters. The largest absolute Gasteiger partial charge is 0.496 e. The number of allylic oxidation sites excluding steroid dienone is 1. The molecule has 0 fully saturated rings. The predicted molar refractivity (Wildman–Crippen MR) is 104 cm³/mol. The molecule has 3 nitrogen and oxygen atoms in total. The summed E-state index contributed by atoms with van der Waals surface area (Å²) in [7, 11) is 4.98. The summed E-state index contributed by atoms with van der Waals surface area (Å²) in [5.41, 5.74) is 4.37. The van der Waals surface area contributed by atoms with Gasteiger partial charge in [0.2, 0.25) is 0 Å². The zero-order valence-electron chi connectivity index (χ0n) is 16.3. The van der Waals surface area contributed by atoms with Gasteiger partial charge in [-0.05, 0) is 23.5 Å². The van der Waals surface area contributed by atoms with Crippen LogP contribution in [0, 0.1) is 12.3 Å². The maximum Gasteiger partial charge on any atom is 0.134 e. The minimum Gasteiger partial charge on any atom is -0.496 e. The van der Waals surface area contributed by atoms with Gasteiger partial charge in [-0.1, -0.05) is 56.7 Å². The molecule has 0 spiro atoms. The van der Waals surface area contributed by atoms with Crippen LogP contribution in [0.4, 0.5) is 0 Å². The van der Waals surface area contributed by atoms with Gasteiger partial charge in [-0.3, -0.25) is 0 Å². The van der Waals surface area contributed by atoms with Gasteiger partial charge in [-0.15, -0.1) is 0 Å². The van der Waals surface area contributed by atoms with Crippen LogP contribution in [-0.2, 0) is 0 Å². The average Bonchev–Trinajstić information content (AvgIpc) is 2.58. The number of ether oxygens (including phenoxy) is 3. The Morgan fingerprint density at radius 3 is 1.76 bits per heavy atom. The van der Waals surface area contributed by atoms with Gasteiger partial charge in [0, 0.05) is 12.1 Å². The van der Waals surface area contributed by atoms with Crippen molar-refractivity contribution in [2.24, 2.45) is 5.41 Å². The topological polar surface area (TPSA) is 27.7 Å². The quantitative estimate of drug-likeness (QED) is 0.719. The number of benzene rings is 2. The van der Waals surface area contributed by atoms with Gasteiger partial charge < -0.3 is 14.2 Å². The second-order valence-electron chi connectivity index (χ2n) is 7.20. The molecule has 0 amide bonds. The van der Waals surface area contributed by atoms with Crippen molar-refractivity contribution >= 4 is 5.57 Å². The first-order valence-electron chi connectivity index (χ1n) is 8.39. The van der Waals surface area contributed by atoms with Crippen molar-refractivity contribution in [2.75, 3.05) is 21.3 Å².